The normalized spacial score (nSPS) is 15.6. The molecule has 0 heterocycles. The van der Waals surface area contributed by atoms with Crippen LogP contribution < -0.4 is 5.30 Å². The van der Waals surface area contributed by atoms with Crippen molar-refractivity contribution in [2.24, 2.45) is 5.41 Å². The Hall–Kier alpha value is -0.920. The predicted molar refractivity (Wildman–Crippen MR) is 65.1 cm³/mol. The molecule has 1 aromatic carbocycles. The van der Waals surface area contributed by atoms with E-state index in [9.17, 15) is 14.3 Å². The lowest BCUT2D eigenvalue weighted by atomic mass is 9.99. The Balaban J connectivity index is 3.28. The lowest BCUT2D eigenvalue weighted by Gasteiger charge is -2.21. The number of carbonyl (C=O) groups excluding carboxylic acids is 1. The minimum Gasteiger partial charge on any atom is -0.336 e. The zero-order valence-electron chi connectivity index (χ0n) is 10.0. The van der Waals surface area contributed by atoms with Crippen LogP contribution in [0.3, 0.4) is 0 Å². The van der Waals surface area contributed by atoms with Gasteiger partial charge in [-0.05, 0) is 18.6 Å². The van der Waals surface area contributed by atoms with Gasteiger partial charge in [0.05, 0.1) is 0 Å². The average molecular weight is 240 g/mol. The van der Waals surface area contributed by atoms with Crippen LogP contribution in [-0.4, -0.2) is 10.4 Å². The Morgan fingerprint density at radius 1 is 1.25 bits per heavy atom. The van der Waals surface area contributed by atoms with Crippen molar-refractivity contribution in [3.8, 4) is 0 Å². The molecular formula is C12H17O3P. The highest BCUT2D eigenvalue weighted by Gasteiger charge is 2.39. The lowest BCUT2D eigenvalue weighted by Crippen LogP contribution is -2.25. The van der Waals surface area contributed by atoms with E-state index in [-0.39, 0.29) is 5.30 Å². The summed E-state index contributed by atoms with van der Waals surface area (Å²) in [4.78, 5) is 21.9. The first kappa shape index (κ1) is 13.1. The molecule has 1 aromatic rings. The van der Waals surface area contributed by atoms with Gasteiger partial charge in [-0.25, -0.2) is 0 Å². The van der Waals surface area contributed by atoms with Crippen LogP contribution in [0, 0.1) is 12.3 Å². The lowest BCUT2D eigenvalue weighted by molar-refractivity contribution is -0.119. The zero-order chi connectivity index (χ0) is 12.6. The van der Waals surface area contributed by atoms with Crippen molar-refractivity contribution in [2.75, 3.05) is 0 Å². The van der Waals surface area contributed by atoms with Crippen molar-refractivity contribution >= 4 is 18.2 Å². The Morgan fingerprint density at radius 2 is 1.75 bits per heavy atom. The number of hydrogen-bond acceptors (Lipinski definition) is 2. The van der Waals surface area contributed by atoms with Crippen molar-refractivity contribution in [1.29, 1.82) is 0 Å². The van der Waals surface area contributed by atoms with Gasteiger partial charge in [0.15, 0.2) is 0 Å². The van der Waals surface area contributed by atoms with Crippen molar-refractivity contribution < 1.29 is 14.3 Å². The molecule has 0 bridgehead atoms. The number of carbonyl (C=O) groups is 1. The molecule has 0 spiro atoms. The molecule has 4 heteroatoms. The maximum absolute atomic E-state index is 12.2. The molecule has 1 atom stereocenters. The van der Waals surface area contributed by atoms with Crippen LogP contribution in [0.15, 0.2) is 24.3 Å². The molecule has 0 amide bonds. The first-order valence-corrected chi connectivity index (χ1v) is 6.77. The van der Waals surface area contributed by atoms with Crippen molar-refractivity contribution in [1.82, 2.24) is 0 Å². The Morgan fingerprint density at radius 3 is 2.19 bits per heavy atom. The average Bonchev–Trinajstić information content (AvgIpc) is 2.15. The van der Waals surface area contributed by atoms with Gasteiger partial charge in [-0.3, -0.25) is 9.36 Å². The number of benzene rings is 1. The van der Waals surface area contributed by atoms with Gasteiger partial charge in [0.2, 0.25) is 5.52 Å². The quantitative estimate of drug-likeness (QED) is 0.808. The molecule has 3 nitrogen and oxygen atoms in total. The van der Waals surface area contributed by atoms with Gasteiger partial charge >= 0.3 is 0 Å². The molecule has 0 aliphatic carbocycles. The van der Waals surface area contributed by atoms with E-state index < -0.39 is 18.3 Å². The fraction of sp³-hybridized carbons (Fsp3) is 0.417. The molecule has 0 radical (unpaired) electrons. The second-order valence-electron chi connectivity index (χ2n) is 4.92. The highest BCUT2D eigenvalue weighted by Crippen LogP contribution is 2.47. The van der Waals surface area contributed by atoms with Crippen LogP contribution in [0.2, 0.25) is 0 Å². The summed E-state index contributed by atoms with van der Waals surface area (Å²) in [5.41, 5.74) is -0.743. The Kier molecular flexibility index (Phi) is 3.41. The molecule has 0 aromatic heterocycles. The molecule has 0 fully saturated rings. The van der Waals surface area contributed by atoms with Gasteiger partial charge in [0.1, 0.15) is 0 Å². The second kappa shape index (κ2) is 4.15. The fourth-order valence-corrected chi connectivity index (χ4v) is 3.44. The van der Waals surface area contributed by atoms with Crippen LogP contribution >= 0.6 is 7.37 Å². The summed E-state index contributed by atoms with van der Waals surface area (Å²) < 4.78 is 12.2. The van der Waals surface area contributed by atoms with Gasteiger partial charge in [-0.2, -0.15) is 0 Å². The minimum atomic E-state index is -3.93. The summed E-state index contributed by atoms with van der Waals surface area (Å²) in [6.45, 7) is 6.68. The third kappa shape index (κ3) is 2.42. The van der Waals surface area contributed by atoms with E-state index in [1.54, 1.807) is 52.0 Å². The minimum absolute atomic E-state index is 0.245. The first-order valence-electron chi connectivity index (χ1n) is 5.11. The molecule has 1 unspecified atom stereocenters. The van der Waals surface area contributed by atoms with E-state index in [2.05, 4.69) is 0 Å². The first-order chi connectivity index (χ1) is 7.17. The molecule has 0 saturated heterocycles. The van der Waals surface area contributed by atoms with Crippen LogP contribution in [0.4, 0.5) is 0 Å². The molecule has 0 aliphatic rings. The second-order valence-corrected chi connectivity index (χ2v) is 6.96. The molecule has 16 heavy (non-hydrogen) atoms. The van der Waals surface area contributed by atoms with Crippen LogP contribution in [0.25, 0.3) is 0 Å². The highest BCUT2D eigenvalue weighted by molar-refractivity contribution is 7.82. The molecule has 1 N–H and O–H groups in total. The predicted octanol–water partition coefficient (Wildman–Crippen LogP) is 2.46. The van der Waals surface area contributed by atoms with Gasteiger partial charge < -0.3 is 4.89 Å². The maximum Gasteiger partial charge on any atom is 0.294 e. The van der Waals surface area contributed by atoms with Crippen LogP contribution in [0.1, 0.15) is 26.3 Å². The van der Waals surface area contributed by atoms with Crippen molar-refractivity contribution in [2.45, 2.75) is 27.7 Å². The standard InChI is InChI=1S/C12H17O3P/c1-9-7-5-6-8-10(9)16(14,15)11(13)12(2,3)4/h5-8H,1-4H3,(H,14,15). The monoisotopic (exact) mass is 240 g/mol. The molecule has 0 saturated carbocycles. The maximum atomic E-state index is 12.2. The van der Waals surface area contributed by atoms with E-state index in [1.807, 2.05) is 0 Å². The smallest absolute Gasteiger partial charge is 0.294 e. The van der Waals surface area contributed by atoms with Gasteiger partial charge in [0, 0.05) is 10.7 Å². The molecule has 88 valence electrons. The van der Waals surface area contributed by atoms with Crippen molar-refractivity contribution in [3.05, 3.63) is 29.8 Å². The Labute approximate surface area is 96.0 Å². The molecular weight excluding hydrogens is 223 g/mol. The topological polar surface area (TPSA) is 54.4 Å². The summed E-state index contributed by atoms with van der Waals surface area (Å²) in [6, 6.07) is 6.72. The van der Waals surface area contributed by atoms with Crippen molar-refractivity contribution in [3.63, 3.8) is 0 Å². The number of rotatable bonds is 2. The van der Waals surface area contributed by atoms with E-state index in [1.165, 1.54) is 0 Å². The van der Waals surface area contributed by atoms with Crippen LogP contribution in [0.5, 0.6) is 0 Å². The summed E-state index contributed by atoms with van der Waals surface area (Å²) in [6.07, 6.45) is 0. The fourth-order valence-electron chi connectivity index (χ4n) is 1.47. The number of aryl methyl sites for hydroxylation is 1. The number of hydrogen-bond donors (Lipinski definition) is 1. The third-order valence-corrected chi connectivity index (χ3v) is 4.74. The van der Waals surface area contributed by atoms with E-state index in [4.69, 9.17) is 0 Å². The van der Waals surface area contributed by atoms with Gasteiger partial charge in [0.25, 0.3) is 7.37 Å². The SMILES string of the molecule is Cc1ccccc1P(=O)(O)C(=O)C(C)(C)C. The van der Waals surface area contributed by atoms with E-state index in [0.29, 0.717) is 5.56 Å². The Bertz CT molecular complexity index is 458. The van der Waals surface area contributed by atoms with Gasteiger partial charge in [-0.1, -0.05) is 39.0 Å². The van der Waals surface area contributed by atoms with Crippen LogP contribution in [-0.2, 0) is 9.36 Å². The molecule has 0 aliphatic heterocycles. The summed E-state index contributed by atoms with van der Waals surface area (Å²) in [5, 5.41) is 0.245. The zero-order valence-corrected chi connectivity index (χ0v) is 10.9. The van der Waals surface area contributed by atoms with E-state index >= 15 is 0 Å². The third-order valence-electron chi connectivity index (χ3n) is 2.36. The summed E-state index contributed by atoms with van der Waals surface area (Å²) >= 11 is 0. The van der Waals surface area contributed by atoms with Gasteiger partial charge in [-0.15, -0.1) is 0 Å². The summed E-state index contributed by atoms with van der Waals surface area (Å²) in [5.74, 6) is 0. The van der Waals surface area contributed by atoms with E-state index in [0.717, 1.165) is 0 Å². The summed E-state index contributed by atoms with van der Waals surface area (Å²) in [7, 11) is -3.93. The molecule has 1 rings (SSSR count). The highest BCUT2D eigenvalue weighted by atomic mass is 31.2. The largest absolute Gasteiger partial charge is 0.336 e.